The minimum absolute atomic E-state index is 0.160. The van der Waals surface area contributed by atoms with Gasteiger partial charge < -0.3 is 9.32 Å². The zero-order chi connectivity index (χ0) is 17.9. The molecular formula is C19H22FN3O2S. The van der Waals surface area contributed by atoms with E-state index in [-0.39, 0.29) is 11.7 Å². The highest BCUT2D eigenvalue weighted by Crippen LogP contribution is 2.35. The molecule has 1 aromatic heterocycles. The third-order valence-corrected chi connectivity index (χ3v) is 6.18. The standard InChI is InChI=1S/C19H22FN3O2S/c20-15-9-7-14(8-10-15)18-21-22-19(25-18)26-12-17(24)23-11-3-5-13-4-1-2-6-16(13)23/h7-10,13,16H,1-6,11-12H2/t13-,16-/m0/s1. The Labute approximate surface area is 156 Å². The second-order valence-electron chi connectivity index (χ2n) is 7.01. The van der Waals surface area contributed by atoms with Crippen LogP contribution in [0.4, 0.5) is 4.39 Å². The average Bonchev–Trinajstić information content (AvgIpc) is 3.15. The van der Waals surface area contributed by atoms with Crippen LogP contribution in [0.2, 0.25) is 0 Å². The molecule has 4 rings (SSSR count). The summed E-state index contributed by atoms with van der Waals surface area (Å²) in [4.78, 5) is 14.8. The molecule has 2 aliphatic rings. The number of halogens is 1. The molecule has 0 bridgehead atoms. The van der Waals surface area contributed by atoms with E-state index in [1.54, 1.807) is 12.1 Å². The van der Waals surface area contributed by atoms with Gasteiger partial charge in [0.15, 0.2) is 0 Å². The lowest BCUT2D eigenvalue weighted by Crippen LogP contribution is -2.50. The summed E-state index contributed by atoms with van der Waals surface area (Å²) >= 11 is 1.27. The summed E-state index contributed by atoms with van der Waals surface area (Å²) in [7, 11) is 0. The topological polar surface area (TPSA) is 59.2 Å². The Morgan fingerprint density at radius 2 is 1.92 bits per heavy atom. The monoisotopic (exact) mass is 375 g/mol. The smallest absolute Gasteiger partial charge is 0.277 e. The predicted octanol–water partition coefficient (Wildman–Crippen LogP) is 4.15. The second-order valence-corrected chi connectivity index (χ2v) is 7.94. The Kier molecular flexibility index (Phi) is 5.24. The maximum absolute atomic E-state index is 13.0. The van der Waals surface area contributed by atoms with Gasteiger partial charge in [0, 0.05) is 18.2 Å². The summed E-state index contributed by atoms with van der Waals surface area (Å²) in [5.74, 6) is 1.18. The van der Waals surface area contributed by atoms with E-state index >= 15 is 0 Å². The van der Waals surface area contributed by atoms with E-state index in [1.807, 2.05) is 0 Å². The van der Waals surface area contributed by atoms with Crippen LogP contribution in [-0.2, 0) is 4.79 Å². The first-order valence-electron chi connectivity index (χ1n) is 9.22. The third kappa shape index (κ3) is 3.77. The first kappa shape index (κ1) is 17.5. The highest BCUT2D eigenvalue weighted by Gasteiger charge is 2.35. The van der Waals surface area contributed by atoms with Gasteiger partial charge in [-0.3, -0.25) is 4.79 Å². The minimum atomic E-state index is -0.309. The molecule has 2 heterocycles. The van der Waals surface area contributed by atoms with Crippen LogP contribution in [-0.4, -0.2) is 39.3 Å². The van der Waals surface area contributed by atoms with Crippen LogP contribution in [0.25, 0.3) is 11.5 Å². The lowest BCUT2D eigenvalue weighted by molar-refractivity contribution is -0.134. The zero-order valence-corrected chi connectivity index (χ0v) is 15.4. The number of nitrogens with zero attached hydrogens (tertiary/aromatic N) is 3. The SMILES string of the molecule is O=C(CSc1nnc(-c2ccc(F)cc2)o1)N1CCC[C@@H]2CCCC[C@@H]21. The van der Waals surface area contributed by atoms with E-state index in [9.17, 15) is 9.18 Å². The fourth-order valence-electron chi connectivity index (χ4n) is 4.12. The van der Waals surface area contributed by atoms with Crippen LogP contribution < -0.4 is 0 Å². The van der Waals surface area contributed by atoms with Gasteiger partial charge in [0.25, 0.3) is 5.22 Å². The summed E-state index contributed by atoms with van der Waals surface area (Å²) in [6.07, 6.45) is 7.27. The molecule has 2 aromatic rings. The number of benzene rings is 1. The van der Waals surface area contributed by atoms with Crippen LogP contribution in [0.1, 0.15) is 38.5 Å². The van der Waals surface area contributed by atoms with Crippen LogP contribution in [0, 0.1) is 11.7 Å². The number of hydrogen-bond donors (Lipinski definition) is 0. The van der Waals surface area contributed by atoms with Crippen LogP contribution in [0.15, 0.2) is 33.9 Å². The highest BCUT2D eigenvalue weighted by molar-refractivity contribution is 7.99. The van der Waals surface area contributed by atoms with Crippen molar-refractivity contribution in [1.29, 1.82) is 0 Å². The summed E-state index contributed by atoms with van der Waals surface area (Å²) in [5, 5.41) is 8.35. The molecule has 0 spiro atoms. The van der Waals surface area contributed by atoms with E-state index in [0.29, 0.717) is 34.4 Å². The van der Waals surface area contributed by atoms with Gasteiger partial charge in [-0.05, 0) is 55.9 Å². The number of rotatable bonds is 4. The van der Waals surface area contributed by atoms with Crippen molar-refractivity contribution in [3.63, 3.8) is 0 Å². The molecule has 0 unspecified atom stereocenters. The quantitative estimate of drug-likeness (QED) is 0.752. The average molecular weight is 375 g/mol. The fourth-order valence-corrected chi connectivity index (χ4v) is 4.77. The molecule has 7 heteroatoms. The van der Waals surface area contributed by atoms with Crippen molar-refractivity contribution in [3.8, 4) is 11.5 Å². The summed E-state index contributed by atoms with van der Waals surface area (Å²) in [5.41, 5.74) is 0.665. The van der Waals surface area contributed by atoms with Crippen molar-refractivity contribution in [2.75, 3.05) is 12.3 Å². The Morgan fingerprint density at radius 3 is 2.77 bits per heavy atom. The van der Waals surface area contributed by atoms with E-state index in [4.69, 9.17) is 4.42 Å². The van der Waals surface area contributed by atoms with Crippen molar-refractivity contribution in [2.24, 2.45) is 5.92 Å². The molecule has 2 atom stereocenters. The molecule has 2 fully saturated rings. The first-order chi connectivity index (χ1) is 12.7. The predicted molar refractivity (Wildman–Crippen MR) is 97.1 cm³/mol. The number of fused-ring (bicyclic) bond motifs is 1. The Balaban J connectivity index is 1.36. The number of aromatic nitrogens is 2. The van der Waals surface area contributed by atoms with Gasteiger partial charge in [-0.15, -0.1) is 10.2 Å². The molecule has 1 aromatic carbocycles. The van der Waals surface area contributed by atoms with Crippen molar-refractivity contribution in [1.82, 2.24) is 15.1 Å². The van der Waals surface area contributed by atoms with E-state index in [0.717, 1.165) is 19.4 Å². The molecule has 0 radical (unpaired) electrons. The molecule has 1 aliphatic heterocycles. The van der Waals surface area contributed by atoms with Gasteiger partial charge in [0.05, 0.1) is 5.75 Å². The number of hydrogen-bond acceptors (Lipinski definition) is 5. The van der Waals surface area contributed by atoms with Crippen molar-refractivity contribution in [3.05, 3.63) is 30.1 Å². The lowest BCUT2D eigenvalue weighted by Gasteiger charge is -2.44. The molecule has 1 amide bonds. The summed E-state index contributed by atoms with van der Waals surface area (Å²) in [6.45, 7) is 0.866. The largest absolute Gasteiger partial charge is 0.411 e. The van der Waals surface area contributed by atoms with Gasteiger partial charge in [-0.25, -0.2) is 4.39 Å². The molecule has 1 aliphatic carbocycles. The molecule has 5 nitrogen and oxygen atoms in total. The van der Waals surface area contributed by atoms with Gasteiger partial charge >= 0.3 is 0 Å². The fraction of sp³-hybridized carbons (Fsp3) is 0.526. The molecule has 26 heavy (non-hydrogen) atoms. The summed E-state index contributed by atoms with van der Waals surface area (Å²) in [6, 6.07) is 6.32. The number of carbonyl (C=O) groups is 1. The maximum Gasteiger partial charge on any atom is 0.277 e. The van der Waals surface area contributed by atoms with E-state index in [2.05, 4.69) is 15.1 Å². The number of likely N-dealkylation sites (tertiary alicyclic amines) is 1. The van der Waals surface area contributed by atoms with Gasteiger partial charge in [-0.1, -0.05) is 24.6 Å². The van der Waals surface area contributed by atoms with E-state index < -0.39 is 0 Å². The van der Waals surface area contributed by atoms with E-state index in [1.165, 1.54) is 49.6 Å². The number of carbonyl (C=O) groups excluding carboxylic acids is 1. The van der Waals surface area contributed by atoms with Crippen molar-refractivity contribution < 1.29 is 13.6 Å². The lowest BCUT2D eigenvalue weighted by atomic mass is 9.78. The van der Waals surface area contributed by atoms with Crippen LogP contribution >= 0.6 is 11.8 Å². The van der Waals surface area contributed by atoms with Gasteiger partial charge in [0.1, 0.15) is 5.82 Å². The Bertz CT molecular complexity index is 762. The number of amides is 1. The maximum atomic E-state index is 13.0. The highest BCUT2D eigenvalue weighted by atomic mass is 32.2. The summed E-state index contributed by atoms with van der Waals surface area (Å²) < 4.78 is 18.6. The second kappa shape index (κ2) is 7.78. The Morgan fingerprint density at radius 1 is 1.15 bits per heavy atom. The third-order valence-electron chi connectivity index (χ3n) is 5.38. The molecular weight excluding hydrogens is 353 g/mol. The van der Waals surface area contributed by atoms with Gasteiger partial charge in [-0.2, -0.15) is 0 Å². The molecule has 138 valence electrons. The molecule has 1 saturated carbocycles. The zero-order valence-electron chi connectivity index (χ0n) is 14.6. The molecule has 1 saturated heterocycles. The first-order valence-corrected chi connectivity index (χ1v) is 10.2. The number of thioether (sulfide) groups is 1. The molecule has 0 N–H and O–H groups in total. The minimum Gasteiger partial charge on any atom is -0.411 e. The normalized spacial score (nSPS) is 22.9. The van der Waals surface area contributed by atoms with Crippen molar-refractivity contribution in [2.45, 2.75) is 49.8 Å². The van der Waals surface area contributed by atoms with Crippen LogP contribution in [0.3, 0.4) is 0 Å². The number of piperidine rings is 1. The van der Waals surface area contributed by atoms with Gasteiger partial charge in [0.2, 0.25) is 11.8 Å². The Hall–Kier alpha value is -1.89. The van der Waals surface area contributed by atoms with Crippen molar-refractivity contribution >= 4 is 17.7 Å². The van der Waals surface area contributed by atoms with Crippen LogP contribution in [0.5, 0.6) is 0 Å².